The van der Waals surface area contributed by atoms with Crippen LogP contribution in [0.2, 0.25) is 0 Å². The molecule has 0 fully saturated rings. The third-order valence-electron chi connectivity index (χ3n) is 2.34. The fourth-order valence-electron chi connectivity index (χ4n) is 1.54. The van der Waals surface area contributed by atoms with E-state index in [2.05, 4.69) is 41.7 Å². The van der Waals surface area contributed by atoms with Crippen LogP contribution in [0.25, 0.3) is 10.4 Å². The van der Waals surface area contributed by atoms with Crippen molar-refractivity contribution in [2.45, 2.75) is 6.54 Å². The Labute approximate surface area is 100 Å². The van der Waals surface area contributed by atoms with Gasteiger partial charge in [0, 0.05) is 29.4 Å². The molecule has 84 valence electrons. The van der Waals surface area contributed by atoms with Crippen molar-refractivity contribution in [1.29, 1.82) is 0 Å². The predicted octanol–water partition coefficient (Wildman–Crippen LogP) is 2.46. The summed E-state index contributed by atoms with van der Waals surface area (Å²) in [5.74, 6) is 0. The summed E-state index contributed by atoms with van der Waals surface area (Å²) in [4.78, 5) is 2.68. The highest BCUT2D eigenvalue weighted by Crippen LogP contribution is 2.27. The molecule has 2 rings (SSSR count). The van der Waals surface area contributed by atoms with Crippen LogP contribution in [0.15, 0.2) is 42.5 Å². The van der Waals surface area contributed by atoms with Crippen LogP contribution >= 0.6 is 11.3 Å². The van der Waals surface area contributed by atoms with Gasteiger partial charge in [-0.05, 0) is 17.7 Å². The van der Waals surface area contributed by atoms with E-state index in [0.29, 0.717) is 6.54 Å². The lowest BCUT2D eigenvalue weighted by Gasteiger charge is -1.99. The van der Waals surface area contributed by atoms with Crippen LogP contribution in [0.4, 0.5) is 0 Å². The van der Waals surface area contributed by atoms with Crippen LogP contribution in [0.1, 0.15) is 4.88 Å². The number of nitrogens with one attached hydrogen (secondary N) is 1. The van der Waals surface area contributed by atoms with Crippen molar-refractivity contribution in [3.63, 3.8) is 0 Å². The Morgan fingerprint density at radius 3 is 2.62 bits per heavy atom. The SMILES string of the molecule is NCCNCc1ccc(-c2ccccc2)s1. The summed E-state index contributed by atoms with van der Waals surface area (Å²) < 4.78 is 0. The Bertz CT molecular complexity index is 423. The molecule has 0 bridgehead atoms. The van der Waals surface area contributed by atoms with Gasteiger partial charge in [0.05, 0.1) is 0 Å². The highest BCUT2D eigenvalue weighted by atomic mass is 32.1. The topological polar surface area (TPSA) is 38.0 Å². The maximum Gasteiger partial charge on any atom is 0.0346 e. The predicted molar refractivity (Wildman–Crippen MR) is 70.5 cm³/mol. The van der Waals surface area contributed by atoms with Gasteiger partial charge in [0.1, 0.15) is 0 Å². The molecule has 1 aromatic heterocycles. The molecule has 0 amide bonds. The van der Waals surface area contributed by atoms with Crippen molar-refractivity contribution in [3.05, 3.63) is 47.3 Å². The molecule has 0 unspecified atom stereocenters. The molecule has 0 saturated carbocycles. The van der Waals surface area contributed by atoms with Crippen LogP contribution in [0.3, 0.4) is 0 Å². The molecular weight excluding hydrogens is 216 g/mol. The zero-order valence-corrected chi connectivity index (χ0v) is 9.96. The summed E-state index contributed by atoms with van der Waals surface area (Å²) in [5.41, 5.74) is 6.72. The monoisotopic (exact) mass is 232 g/mol. The minimum atomic E-state index is 0.691. The second-order valence-electron chi connectivity index (χ2n) is 3.60. The zero-order valence-electron chi connectivity index (χ0n) is 9.15. The van der Waals surface area contributed by atoms with E-state index in [9.17, 15) is 0 Å². The molecule has 0 saturated heterocycles. The Kier molecular flexibility index (Phi) is 4.10. The zero-order chi connectivity index (χ0) is 11.2. The maximum absolute atomic E-state index is 5.43. The van der Waals surface area contributed by atoms with Gasteiger partial charge in [-0.15, -0.1) is 11.3 Å². The van der Waals surface area contributed by atoms with Crippen molar-refractivity contribution in [2.75, 3.05) is 13.1 Å². The van der Waals surface area contributed by atoms with E-state index in [1.807, 2.05) is 17.4 Å². The van der Waals surface area contributed by atoms with E-state index >= 15 is 0 Å². The quantitative estimate of drug-likeness (QED) is 0.777. The number of hydrogen-bond acceptors (Lipinski definition) is 3. The molecule has 2 aromatic rings. The minimum Gasteiger partial charge on any atom is -0.329 e. The lowest BCUT2D eigenvalue weighted by Crippen LogP contribution is -2.21. The first-order valence-corrected chi connectivity index (χ1v) is 6.27. The standard InChI is InChI=1S/C13H16N2S/c14-8-9-15-10-12-6-7-13(16-12)11-4-2-1-3-5-11/h1-7,15H,8-10,14H2. The number of hydrogen-bond donors (Lipinski definition) is 2. The third-order valence-corrected chi connectivity index (χ3v) is 3.47. The molecule has 3 N–H and O–H groups in total. The Balaban J connectivity index is 2.02. The minimum absolute atomic E-state index is 0.691. The van der Waals surface area contributed by atoms with Crippen molar-refractivity contribution in [2.24, 2.45) is 5.73 Å². The number of nitrogens with two attached hydrogens (primary N) is 1. The van der Waals surface area contributed by atoms with Crippen molar-refractivity contribution < 1.29 is 0 Å². The summed E-state index contributed by atoms with van der Waals surface area (Å²) in [6.07, 6.45) is 0. The molecule has 0 aliphatic carbocycles. The smallest absolute Gasteiger partial charge is 0.0346 e. The van der Waals surface area contributed by atoms with Gasteiger partial charge in [0.25, 0.3) is 0 Å². The fourth-order valence-corrected chi connectivity index (χ4v) is 2.53. The molecule has 0 spiro atoms. The summed E-state index contributed by atoms with van der Waals surface area (Å²) >= 11 is 1.83. The Morgan fingerprint density at radius 1 is 1.06 bits per heavy atom. The van der Waals surface area contributed by atoms with Crippen LogP contribution in [0.5, 0.6) is 0 Å². The number of thiophene rings is 1. The van der Waals surface area contributed by atoms with Gasteiger partial charge >= 0.3 is 0 Å². The largest absolute Gasteiger partial charge is 0.329 e. The maximum atomic E-state index is 5.43. The fraction of sp³-hybridized carbons (Fsp3) is 0.231. The van der Waals surface area contributed by atoms with Crippen LogP contribution < -0.4 is 11.1 Å². The van der Waals surface area contributed by atoms with E-state index in [1.54, 1.807) is 0 Å². The van der Waals surface area contributed by atoms with E-state index in [-0.39, 0.29) is 0 Å². The second kappa shape index (κ2) is 5.80. The van der Waals surface area contributed by atoms with Crippen LogP contribution in [-0.2, 0) is 6.54 Å². The molecule has 1 heterocycles. The first-order valence-electron chi connectivity index (χ1n) is 5.45. The number of rotatable bonds is 5. The van der Waals surface area contributed by atoms with E-state index < -0.39 is 0 Å². The second-order valence-corrected chi connectivity index (χ2v) is 4.77. The highest BCUT2D eigenvalue weighted by Gasteiger charge is 2.01. The van der Waals surface area contributed by atoms with E-state index in [0.717, 1.165) is 13.1 Å². The lowest BCUT2D eigenvalue weighted by atomic mass is 10.2. The number of benzene rings is 1. The van der Waals surface area contributed by atoms with Gasteiger partial charge in [-0.2, -0.15) is 0 Å². The molecular formula is C13H16N2S. The van der Waals surface area contributed by atoms with Gasteiger partial charge in [-0.3, -0.25) is 0 Å². The Morgan fingerprint density at radius 2 is 1.88 bits per heavy atom. The summed E-state index contributed by atoms with van der Waals surface area (Å²) in [5, 5.41) is 3.30. The van der Waals surface area contributed by atoms with Crippen molar-refractivity contribution in [3.8, 4) is 10.4 Å². The molecule has 3 heteroatoms. The summed E-state index contributed by atoms with van der Waals surface area (Å²) in [7, 11) is 0. The molecule has 2 nitrogen and oxygen atoms in total. The van der Waals surface area contributed by atoms with E-state index in [1.165, 1.54) is 15.3 Å². The third kappa shape index (κ3) is 2.92. The summed E-state index contributed by atoms with van der Waals surface area (Å²) in [6.45, 7) is 2.48. The summed E-state index contributed by atoms with van der Waals surface area (Å²) in [6, 6.07) is 14.8. The molecule has 0 radical (unpaired) electrons. The van der Waals surface area contributed by atoms with Crippen LogP contribution in [0, 0.1) is 0 Å². The Hall–Kier alpha value is -1.16. The first-order chi connectivity index (χ1) is 7.90. The molecule has 0 aliphatic heterocycles. The van der Waals surface area contributed by atoms with Gasteiger partial charge in [-0.1, -0.05) is 30.3 Å². The van der Waals surface area contributed by atoms with Crippen LogP contribution in [-0.4, -0.2) is 13.1 Å². The van der Waals surface area contributed by atoms with Gasteiger partial charge in [0.2, 0.25) is 0 Å². The molecule has 1 aromatic carbocycles. The van der Waals surface area contributed by atoms with Crippen molar-refractivity contribution in [1.82, 2.24) is 5.32 Å². The van der Waals surface area contributed by atoms with E-state index in [4.69, 9.17) is 5.73 Å². The first kappa shape index (κ1) is 11.3. The van der Waals surface area contributed by atoms with Gasteiger partial charge in [0.15, 0.2) is 0 Å². The van der Waals surface area contributed by atoms with Crippen molar-refractivity contribution >= 4 is 11.3 Å². The van der Waals surface area contributed by atoms with Gasteiger partial charge < -0.3 is 11.1 Å². The average Bonchev–Trinajstić information content (AvgIpc) is 2.79. The normalized spacial score (nSPS) is 10.6. The molecule has 16 heavy (non-hydrogen) atoms. The molecule has 0 atom stereocenters. The molecule has 0 aliphatic rings. The lowest BCUT2D eigenvalue weighted by molar-refractivity contribution is 0.702. The van der Waals surface area contributed by atoms with Gasteiger partial charge in [-0.25, -0.2) is 0 Å². The average molecular weight is 232 g/mol. The highest BCUT2D eigenvalue weighted by molar-refractivity contribution is 7.15.